The molecule has 0 aliphatic heterocycles. The van der Waals surface area contributed by atoms with Gasteiger partial charge in [0.1, 0.15) is 16.2 Å². The Hall–Kier alpha value is -1.44. The predicted octanol–water partition coefficient (Wildman–Crippen LogP) is 4.30. The number of fused-ring (bicyclic) bond motifs is 3. The molecule has 1 aliphatic rings. The highest BCUT2D eigenvalue weighted by Gasteiger charge is 2.22. The number of hydrogen-bond acceptors (Lipinski definition) is 6. The maximum atomic E-state index is 12.5. The highest BCUT2D eigenvalue weighted by atomic mass is 32.2. The Morgan fingerprint density at radius 1 is 1.36 bits per heavy atom. The summed E-state index contributed by atoms with van der Waals surface area (Å²) in [6, 6.07) is 2.10. The second-order valence-electron chi connectivity index (χ2n) is 6.28. The lowest BCUT2D eigenvalue weighted by Gasteiger charge is -2.16. The molecule has 4 nitrogen and oxygen atoms in total. The first-order chi connectivity index (χ1) is 12.1. The zero-order valence-electron chi connectivity index (χ0n) is 14.2. The molecule has 130 valence electrons. The van der Waals surface area contributed by atoms with Crippen LogP contribution in [0.4, 0.5) is 0 Å². The van der Waals surface area contributed by atoms with Gasteiger partial charge in [0.2, 0.25) is 5.91 Å². The summed E-state index contributed by atoms with van der Waals surface area (Å²) in [6.07, 6.45) is 5.11. The molecule has 0 spiro atoms. The normalized spacial score (nSPS) is 13.4. The monoisotopic (exact) mass is 389 g/mol. The lowest BCUT2D eigenvalue weighted by Crippen LogP contribution is -2.27. The van der Waals surface area contributed by atoms with Crippen LogP contribution < -0.4 is 0 Å². The van der Waals surface area contributed by atoms with Gasteiger partial charge in [-0.1, -0.05) is 11.8 Å². The summed E-state index contributed by atoms with van der Waals surface area (Å²) in [4.78, 5) is 27.0. The van der Waals surface area contributed by atoms with Crippen molar-refractivity contribution in [1.29, 1.82) is 0 Å². The van der Waals surface area contributed by atoms with Crippen molar-refractivity contribution in [3.05, 3.63) is 38.7 Å². The van der Waals surface area contributed by atoms with E-state index in [0.29, 0.717) is 12.3 Å². The first kappa shape index (κ1) is 17.0. The molecule has 1 aliphatic carbocycles. The zero-order valence-corrected chi connectivity index (χ0v) is 16.7. The third-order valence-electron chi connectivity index (χ3n) is 4.57. The van der Waals surface area contributed by atoms with Crippen LogP contribution >= 0.6 is 34.4 Å². The summed E-state index contributed by atoms with van der Waals surface area (Å²) in [5.74, 6) is 0.550. The van der Waals surface area contributed by atoms with E-state index in [2.05, 4.69) is 28.3 Å². The van der Waals surface area contributed by atoms with Crippen molar-refractivity contribution in [2.24, 2.45) is 0 Å². The molecule has 0 saturated heterocycles. The van der Waals surface area contributed by atoms with Gasteiger partial charge in [-0.15, -0.1) is 22.7 Å². The third-order valence-corrected chi connectivity index (χ3v) is 7.76. The number of carbonyl (C=O) groups excluding carboxylic acids is 1. The van der Waals surface area contributed by atoms with Crippen molar-refractivity contribution in [2.75, 3.05) is 12.8 Å². The highest BCUT2D eigenvalue weighted by Crippen LogP contribution is 2.40. The van der Waals surface area contributed by atoms with Gasteiger partial charge in [-0.25, -0.2) is 9.97 Å². The van der Waals surface area contributed by atoms with E-state index in [1.165, 1.54) is 32.7 Å². The smallest absolute Gasteiger partial charge is 0.233 e. The van der Waals surface area contributed by atoms with Crippen LogP contribution in [0.1, 0.15) is 27.3 Å². The van der Waals surface area contributed by atoms with Crippen LogP contribution in [0.2, 0.25) is 0 Å². The summed E-state index contributed by atoms with van der Waals surface area (Å²) < 4.78 is 0. The minimum absolute atomic E-state index is 0.136. The Labute approximate surface area is 159 Å². The minimum Gasteiger partial charge on any atom is -0.340 e. The number of hydrogen-bond donors (Lipinski definition) is 0. The van der Waals surface area contributed by atoms with E-state index in [0.717, 1.165) is 22.7 Å². The molecule has 0 fully saturated rings. The van der Waals surface area contributed by atoms with Crippen LogP contribution in [-0.4, -0.2) is 33.6 Å². The molecule has 0 aromatic carbocycles. The van der Waals surface area contributed by atoms with E-state index in [1.807, 2.05) is 11.9 Å². The van der Waals surface area contributed by atoms with E-state index in [4.69, 9.17) is 0 Å². The van der Waals surface area contributed by atoms with Crippen molar-refractivity contribution in [3.63, 3.8) is 0 Å². The molecule has 4 rings (SSSR count). The van der Waals surface area contributed by atoms with Crippen molar-refractivity contribution < 1.29 is 4.79 Å². The summed E-state index contributed by atoms with van der Waals surface area (Å²) in [6.45, 7) is 2.77. The second-order valence-corrected chi connectivity index (χ2v) is 9.33. The number of rotatable bonds is 5. The van der Waals surface area contributed by atoms with Crippen molar-refractivity contribution in [1.82, 2.24) is 14.9 Å². The number of thioether (sulfide) groups is 1. The summed E-state index contributed by atoms with van der Waals surface area (Å²) >= 11 is 5.03. The van der Waals surface area contributed by atoms with Gasteiger partial charge in [-0.2, -0.15) is 0 Å². The molecule has 0 N–H and O–H groups in total. The number of nitrogens with zero attached hydrogens (tertiary/aromatic N) is 3. The Balaban J connectivity index is 1.47. The van der Waals surface area contributed by atoms with Crippen molar-refractivity contribution in [2.45, 2.75) is 37.8 Å². The Bertz CT molecular complexity index is 931. The standard InChI is InChI=1S/C18H19N3OS3/c1-11-6-7-23-14(11)8-21(2)15(22)9-24-17-16-12-4-3-5-13(12)25-18(16)20-10-19-17/h6-7,10H,3-5,8-9H2,1-2H3. The molecule has 0 radical (unpaired) electrons. The van der Waals surface area contributed by atoms with Gasteiger partial charge in [0, 0.05) is 22.2 Å². The molecular formula is C18H19N3OS3. The van der Waals surface area contributed by atoms with Crippen molar-refractivity contribution in [3.8, 4) is 0 Å². The molecule has 3 heterocycles. The van der Waals surface area contributed by atoms with Crippen LogP contribution in [0.3, 0.4) is 0 Å². The maximum absolute atomic E-state index is 12.5. The van der Waals surface area contributed by atoms with Gasteiger partial charge < -0.3 is 4.90 Å². The number of aryl methyl sites for hydroxylation is 3. The lowest BCUT2D eigenvalue weighted by atomic mass is 10.2. The number of amides is 1. The SMILES string of the molecule is Cc1ccsc1CN(C)C(=O)CSc1ncnc2sc3c(c12)CCC3. The molecule has 1 amide bonds. The molecule has 0 unspecified atom stereocenters. The quantitative estimate of drug-likeness (QED) is 0.482. The summed E-state index contributed by atoms with van der Waals surface area (Å²) in [7, 11) is 1.87. The van der Waals surface area contributed by atoms with Gasteiger partial charge >= 0.3 is 0 Å². The van der Waals surface area contributed by atoms with Gasteiger partial charge in [0.05, 0.1) is 12.3 Å². The third kappa shape index (κ3) is 3.32. The van der Waals surface area contributed by atoms with E-state index in [1.54, 1.807) is 40.8 Å². The van der Waals surface area contributed by atoms with Crippen LogP contribution in [0.5, 0.6) is 0 Å². The number of thiophene rings is 2. The second kappa shape index (κ2) is 7.05. The van der Waals surface area contributed by atoms with Crippen LogP contribution in [0.15, 0.2) is 22.8 Å². The van der Waals surface area contributed by atoms with Crippen LogP contribution in [0.25, 0.3) is 10.2 Å². The fourth-order valence-electron chi connectivity index (χ4n) is 3.12. The maximum Gasteiger partial charge on any atom is 0.233 e. The van der Waals surface area contributed by atoms with Crippen LogP contribution in [-0.2, 0) is 24.2 Å². The fraction of sp³-hybridized carbons (Fsp3) is 0.389. The first-order valence-electron chi connectivity index (χ1n) is 8.28. The first-order valence-corrected chi connectivity index (χ1v) is 11.0. The molecule has 3 aromatic rings. The highest BCUT2D eigenvalue weighted by molar-refractivity contribution is 8.00. The number of carbonyl (C=O) groups is 1. The minimum atomic E-state index is 0.136. The average molecular weight is 390 g/mol. The summed E-state index contributed by atoms with van der Waals surface area (Å²) in [5, 5.41) is 4.22. The Morgan fingerprint density at radius 2 is 2.24 bits per heavy atom. The van der Waals surface area contributed by atoms with Gasteiger partial charge in [0.15, 0.2) is 0 Å². The largest absolute Gasteiger partial charge is 0.340 e. The number of aromatic nitrogens is 2. The topological polar surface area (TPSA) is 46.1 Å². The van der Waals surface area contributed by atoms with Crippen LogP contribution in [0, 0.1) is 6.92 Å². The lowest BCUT2D eigenvalue weighted by molar-refractivity contribution is -0.127. The molecule has 3 aromatic heterocycles. The Kier molecular flexibility index (Phi) is 4.80. The predicted molar refractivity (Wildman–Crippen MR) is 106 cm³/mol. The average Bonchev–Trinajstić information content (AvgIpc) is 3.29. The fourth-order valence-corrected chi connectivity index (χ4v) is 6.34. The van der Waals surface area contributed by atoms with Gasteiger partial charge in [-0.3, -0.25) is 4.79 Å². The molecule has 0 saturated carbocycles. The Morgan fingerprint density at radius 3 is 3.04 bits per heavy atom. The molecule has 0 bridgehead atoms. The van der Waals surface area contributed by atoms with E-state index in [-0.39, 0.29) is 5.91 Å². The van der Waals surface area contributed by atoms with Gasteiger partial charge in [-0.05, 0) is 48.8 Å². The van der Waals surface area contributed by atoms with E-state index < -0.39 is 0 Å². The summed E-state index contributed by atoms with van der Waals surface area (Å²) in [5.41, 5.74) is 2.67. The molecule has 7 heteroatoms. The molecule has 25 heavy (non-hydrogen) atoms. The zero-order chi connectivity index (χ0) is 17.4. The van der Waals surface area contributed by atoms with E-state index in [9.17, 15) is 4.79 Å². The van der Waals surface area contributed by atoms with Crippen molar-refractivity contribution >= 4 is 50.6 Å². The molecular weight excluding hydrogens is 370 g/mol. The van der Waals surface area contributed by atoms with E-state index >= 15 is 0 Å². The molecule has 0 atom stereocenters. The van der Waals surface area contributed by atoms with Gasteiger partial charge in [0.25, 0.3) is 0 Å².